The van der Waals surface area contributed by atoms with Gasteiger partial charge in [-0.2, -0.15) is 0 Å². The van der Waals surface area contributed by atoms with Crippen molar-refractivity contribution in [1.82, 2.24) is 4.90 Å². The van der Waals surface area contributed by atoms with Crippen molar-refractivity contribution in [2.24, 2.45) is 0 Å². The van der Waals surface area contributed by atoms with Crippen LogP contribution < -0.4 is 9.47 Å². The Kier molecular flexibility index (Phi) is 6.47. The summed E-state index contributed by atoms with van der Waals surface area (Å²) in [7, 11) is 0. The first kappa shape index (κ1) is 17.8. The molecule has 1 amide bonds. The molecular formula is C17H21NO3S2. The van der Waals surface area contributed by atoms with Crippen LogP contribution in [0.5, 0.6) is 11.5 Å². The van der Waals surface area contributed by atoms with Crippen LogP contribution in [0.3, 0.4) is 0 Å². The van der Waals surface area contributed by atoms with Gasteiger partial charge in [-0.25, -0.2) is 0 Å². The summed E-state index contributed by atoms with van der Waals surface area (Å²) < 4.78 is 11.8. The van der Waals surface area contributed by atoms with Gasteiger partial charge in [0.1, 0.15) is 15.8 Å². The Morgan fingerprint density at radius 2 is 1.96 bits per heavy atom. The molecule has 0 aliphatic carbocycles. The SMILES string of the molecule is CCCN1C(=O)/C(=C\c2ccc(OCC)cc2OCC)SC1=S. The van der Waals surface area contributed by atoms with Crippen molar-refractivity contribution in [2.45, 2.75) is 27.2 Å². The smallest absolute Gasteiger partial charge is 0.266 e. The second kappa shape index (κ2) is 8.36. The maximum Gasteiger partial charge on any atom is 0.266 e. The third-order valence-electron chi connectivity index (χ3n) is 3.20. The fourth-order valence-electron chi connectivity index (χ4n) is 2.23. The van der Waals surface area contributed by atoms with Gasteiger partial charge < -0.3 is 9.47 Å². The van der Waals surface area contributed by atoms with Crippen molar-refractivity contribution in [2.75, 3.05) is 19.8 Å². The lowest BCUT2D eigenvalue weighted by atomic mass is 10.1. The molecule has 0 bridgehead atoms. The molecule has 0 radical (unpaired) electrons. The summed E-state index contributed by atoms with van der Waals surface area (Å²) in [4.78, 5) is 14.7. The van der Waals surface area contributed by atoms with Gasteiger partial charge in [-0.1, -0.05) is 30.9 Å². The Bertz CT molecular complexity index is 628. The van der Waals surface area contributed by atoms with Gasteiger partial charge in [0.2, 0.25) is 0 Å². The number of nitrogens with zero attached hydrogens (tertiary/aromatic N) is 1. The van der Waals surface area contributed by atoms with Gasteiger partial charge in [0.25, 0.3) is 5.91 Å². The van der Waals surface area contributed by atoms with Crippen LogP contribution in [0.4, 0.5) is 0 Å². The van der Waals surface area contributed by atoms with Crippen LogP contribution in [0.2, 0.25) is 0 Å². The monoisotopic (exact) mass is 351 g/mol. The van der Waals surface area contributed by atoms with Crippen LogP contribution in [0, 0.1) is 0 Å². The lowest BCUT2D eigenvalue weighted by Crippen LogP contribution is -2.28. The Morgan fingerprint density at radius 1 is 1.22 bits per heavy atom. The van der Waals surface area contributed by atoms with Crippen molar-refractivity contribution in [1.29, 1.82) is 0 Å². The predicted octanol–water partition coefficient (Wildman–Crippen LogP) is 4.10. The van der Waals surface area contributed by atoms with Gasteiger partial charge in [-0.15, -0.1) is 0 Å². The number of carbonyl (C=O) groups excluding carboxylic acids is 1. The minimum atomic E-state index is -0.0295. The number of carbonyl (C=O) groups is 1. The average molecular weight is 351 g/mol. The number of thiocarbonyl (C=S) groups is 1. The molecule has 124 valence electrons. The lowest BCUT2D eigenvalue weighted by Gasteiger charge is -2.12. The van der Waals surface area contributed by atoms with Crippen molar-refractivity contribution < 1.29 is 14.3 Å². The van der Waals surface area contributed by atoms with E-state index in [1.165, 1.54) is 11.8 Å². The number of benzene rings is 1. The van der Waals surface area contributed by atoms with Crippen LogP contribution in [0.15, 0.2) is 23.1 Å². The molecule has 1 aliphatic rings. The summed E-state index contributed by atoms with van der Waals surface area (Å²) in [5, 5.41) is 0. The average Bonchev–Trinajstić information content (AvgIpc) is 2.78. The minimum Gasteiger partial charge on any atom is -0.494 e. The van der Waals surface area contributed by atoms with Crippen molar-refractivity contribution in [3.05, 3.63) is 28.7 Å². The number of rotatable bonds is 7. The standard InChI is InChI=1S/C17H21NO3S2/c1-4-9-18-16(19)15(23-17(18)22)10-12-7-8-13(20-5-2)11-14(12)21-6-3/h7-8,10-11H,4-6,9H2,1-3H3/b15-10+. The molecule has 0 N–H and O–H groups in total. The summed E-state index contributed by atoms with van der Waals surface area (Å²) in [6.07, 6.45) is 2.72. The molecule has 0 unspecified atom stereocenters. The third-order valence-corrected chi connectivity index (χ3v) is 4.58. The summed E-state index contributed by atoms with van der Waals surface area (Å²) in [5.74, 6) is 1.43. The molecule has 23 heavy (non-hydrogen) atoms. The third kappa shape index (κ3) is 4.26. The van der Waals surface area contributed by atoms with E-state index in [0.717, 1.165) is 17.7 Å². The van der Waals surface area contributed by atoms with Gasteiger partial charge in [-0.3, -0.25) is 9.69 Å². The van der Waals surface area contributed by atoms with Crippen LogP contribution in [-0.2, 0) is 4.79 Å². The minimum absolute atomic E-state index is 0.0295. The number of amides is 1. The molecule has 1 heterocycles. The second-order valence-corrected chi connectivity index (χ2v) is 6.57. The highest BCUT2D eigenvalue weighted by Crippen LogP contribution is 2.35. The predicted molar refractivity (Wildman–Crippen MR) is 99.0 cm³/mol. The van der Waals surface area contributed by atoms with E-state index in [1.807, 2.05) is 45.0 Å². The van der Waals surface area contributed by atoms with Gasteiger partial charge in [0.05, 0.1) is 18.1 Å². The Labute approximate surface area is 146 Å². The highest BCUT2D eigenvalue weighted by atomic mass is 32.2. The van der Waals surface area contributed by atoms with E-state index in [2.05, 4.69) is 0 Å². The van der Waals surface area contributed by atoms with Crippen LogP contribution >= 0.6 is 24.0 Å². The van der Waals surface area contributed by atoms with E-state index in [-0.39, 0.29) is 5.91 Å². The molecule has 0 spiro atoms. The van der Waals surface area contributed by atoms with E-state index in [0.29, 0.717) is 34.7 Å². The summed E-state index contributed by atoms with van der Waals surface area (Å²) >= 11 is 6.63. The fourth-order valence-corrected chi connectivity index (χ4v) is 3.53. The number of thioether (sulfide) groups is 1. The molecule has 1 aromatic carbocycles. The molecule has 6 heteroatoms. The van der Waals surface area contributed by atoms with Gasteiger partial charge in [-0.05, 0) is 38.5 Å². The quantitative estimate of drug-likeness (QED) is 0.546. The molecule has 0 aromatic heterocycles. The summed E-state index contributed by atoms with van der Waals surface area (Å²) in [6, 6.07) is 5.64. The first-order chi connectivity index (χ1) is 11.1. The Morgan fingerprint density at radius 3 is 2.61 bits per heavy atom. The van der Waals surface area contributed by atoms with E-state index in [1.54, 1.807) is 4.90 Å². The summed E-state index contributed by atoms with van der Waals surface area (Å²) in [5.41, 5.74) is 0.854. The maximum atomic E-state index is 12.4. The largest absolute Gasteiger partial charge is 0.494 e. The van der Waals surface area contributed by atoms with E-state index in [4.69, 9.17) is 21.7 Å². The van der Waals surface area contributed by atoms with E-state index >= 15 is 0 Å². The highest BCUT2D eigenvalue weighted by Gasteiger charge is 2.31. The molecule has 0 saturated carbocycles. The van der Waals surface area contributed by atoms with E-state index in [9.17, 15) is 4.79 Å². The van der Waals surface area contributed by atoms with Crippen molar-refractivity contribution >= 4 is 40.3 Å². The molecule has 1 fully saturated rings. The molecule has 1 saturated heterocycles. The number of hydrogen-bond acceptors (Lipinski definition) is 5. The molecule has 1 aliphatic heterocycles. The molecule has 0 atom stereocenters. The normalized spacial score (nSPS) is 16.3. The fraction of sp³-hybridized carbons (Fsp3) is 0.412. The molecule has 2 rings (SSSR count). The maximum absolute atomic E-state index is 12.4. The number of hydrogen-bond donors (Lipinski definition) is 0. The first-order valence-electron chi connectivity index (χ1n) is 7.75. The van der Waals surface area contributed by atoms with E-state index < -0.39 is 0 Å². The zero-order valence-electron chi connectivity index (χ0n) is 13.6. The zero-order chi connectivity index (χ0) is 16.8. The van der Waals surface area contributed by atoms with Crippen molar-refractivity contribution in [3.8, 4) is 11.5 Å². The van der Waals surface area contributed by atoms with Crippen LogP contribution in [0.25, 0.3) is 6.08 Å². The number of ether oxygens (including phenoxy) is 2. The first-order valence-corrected chi connectivity index (χ1v) is 8.98. The molecule has 1 aromatic rings. The van der Waals surface area contributed by atoms with Gasteiger partial charge in [0, 0.05) is 18.2 Å². The summed E-state index contributed by atoms with van der Waals surface area (Å²) in [6.45, 7) is 7.70. The Balaban J connectivity index is 2.31. The lowest BCUT2D eigenvalue weighted by molar-refractivity contribution is -0.122. The second-order valence-electron chi connectivity index (χ2n) is 4.90. The molecular weight excluding hydrogens is 330 g/mol. The Hall–Kier alpha value is -1.53. The van der Waals surface area contributed by atoms with Gasteiger partial charge >= 0.3 is 0 Å². The van der Waals surface area contributed by atoms with Crippen LogP contribution in [0.1, 0.15) is 32.8 Å². The van der Waals surface area contributed by atoms with Crippen LogP contribution in [-0.4, -0.2) is 34.9 Å². The zero-order valence-corrected chi connectivity index (χ0v) is 15.3. The van der Waals surface area contributed by atoms with Crippen molar-refractivity contribution in [3.63, 3.8) is 0 Å². The highest BCUT2D eigenvalue weighted by molar-refractivity contribution is 8.26. The molecule has 4 nitrogen and oxygen atoms in total. The van der Waals surface area contributed by atoms with Gasteiger partial charge in [0.15, 0.2) is 0 Å². The topological polar surface area (TPSA) is 38.8 Å².